The molecular formula is C6H13NO2S2. The second kappa shape index (κ2) is 2.95. The molecule has 0 aliphatic carbocycles. The minimum absolute atomic E-state index is 0.116. The van der Waals surface area contributed by atoms with E-state index in [0.29, 0.717) is 0 Å². The second-order valence-electron chi connectivity index (χ2n) is 3.21. The first-order chi connectivity index (χ1) is 4.91. The third-order valence-electron chi connectivity index (χ3n) is 1.81. The number of hydrogen-bond acceptors (Lipinski definition) is 3. The molecule has 1 saturated heterocycles. The van der Waals surface area contributed by atoms with E-state index < -0.39 is 10.0 Å². The number of hydrogen-bond donors (Lipinski definition) is 1. The van der Waals surface area contributed by atoms with Gasteiger partial charge in [0.05, 0.1) is 5.75 Å². The van der Waals surface area contributed by atoms with Crippen LogP contribution in [0.25, 0.3) is 0 Å². The topological polar surface area (TPSA) is 60.2 Å². The van der Waals surface area contributed by atoms with E-state index >= 15 is 0 Å². The third kappa shape index (κ3) is 3.01. The maximum atomic E-state index is 10.8. The minimum Gasteiger partial charge on any atom is -0.229 e. The molecule has 0 radical (unpaired) electrons. The van der Waals surface area contributed by atoms with Crippen LogP contribution in [-0.4, -0.2) is 24.7 Å². The zero-order valence-electron chi connectivity index (χ0n) is 6.54. The molecule has 1 heterocycles. The summed E-state index contributed by atoms with van der Waals surface area (Å²) in [6.45, 7) is 1.97. The third-order valence-corrected chi connectivity index (χ3v) is 4.57. The summed E-state index contributed by atoms with van der Waals surface area (Å²) in [7, 11) is -3.29. The summed E-state index contributed by atoms with van der Waals surface area (Å²) >= 11 is 1.71. The van der Waals surface area contributed by atoms with Gasteiger partial charge in [-0.2, -0.15) is 11.8 Å². The summed E-state index contributed by atoms with van der Waals surface area (Å²) < 4.78 is 21.4. The van der Waals surface area contributed by atoms with E-state index in [-0.39, 0.29) is 10.5 Å². The van der Waals surface area contributed by atoms with Crippen LogP contribution in [0.2, 0.25) is 0 Å². The lowest BCUT2D eigenvalue weighted by molar-refractivity contribution is 0.579. The Kier molecular flexibility index (Phi) is 2.51. The Balaban J connectivity index is 2.60. The molecule has 0 spiro atoms. The molecule has 1 rings (SSSR count). The Morgan fingerprint density at radius 2 is 2.27 bits per heavy atom. The van der Waals surface area contributed by atoms with Crippen LogP contribution >= 0.6 is 11.8 Å². The van der Waals surface area contributed by atoms with Crippen LogP contribution in [0.5, 0.6) is 0 Å². The van der Waals surface area contributed by atoms with E-state index in [1.165, 1.54) is 0 Å². The number of primary sulfonamides is 1. The van der Waals surface area contributed by atoms with Gasteiger partial charge in [-0.1, -0.05) is 0 Å². The lowest BCUT2D eigenvalue weighted by atomic mass is 10.1. The molecule has 1 unspecified atom stereocenters. The molecule has 5 heteroatoms. The van der Waals surface area contributed by atoms with Crippen molar-refractivity contribution in [2.45, 2.75) is 24.5 Å². The van der Waals surface area contributed by atoms with Gasteiger partial charge in [-0.05, 0) is 25.5 Å². The first-order valence-electron chi connectivity index (χ1n) is 3.56. The molecule has 0 saturated carbocycles. The van der Waals surface area contributed by atoms with Gasteiger partial charge in [0.25, 0.3) is 0 Å². The number of rotatable bonds is 2. The van der Waals surface area contributed by atoms with Gasteiger partial charge in [-0.15, -0.1) is 0 Å². The van der Waals surface area contributed by atoms with Crippen LogP contribution in [0.3, 0.4) is 0 Å². The first-order valence-corrected chi connectivity index (χ1v) is 6.26. The highest BCUT2D eigenvalue weighted by atomic mass is 32.2. The Labute approximate surface area is 71.8 Å². The van der Waals surface area contributed by atoms with Crippen molar-refractivity contribution in [1.29, 1.82) is 0 Å². The Bertz CT molecular complexity index is 229. The molecule has 1 aliphatic heterocycles. The molecule has 0 aromatic carbocycles. The average molecular weight is 195 g/mol. The van der Waals surface area contributed by atoms with E-state index in [2.05, 4.69) is 0 Å². The minimum atomic E-state index is -3.29. The normalized spacial score (nSPS) is 32.5. The summed E-state index contributed by atoms with van der Waals surface area (Å²) in [5, 5.41) is 4.96. The zero-order valence-corrected chi connectivity index (χ0v) is 8.17. The van der Waals surface area contributed by atoms with Gasteiger partial charge in [0.1, 0.15) is 0 Å². The van der Waals surface area contributed by atoms with E-state index in [1.807, 2.05) is 6.92 Å². The number of nitrogens with two attached hydrogens (primary N) is 1. The summed E-state index contributed by atoms with van der Waals surface area (Å²) in [6.07, 6.45) is 2.07. The molecule has 1 atom stereocenters. The van der Waals surface area contributed by atoms with Crippen molar-refractivity contribution < 1.29 is 8.42 Å². The molecule has 0 aromatic heterocycles. The van der Waals surface area contributed by atoms with E-state index in [0.717, 1.165) is 18.6 Å². The van der Waals surface area contributed by atoms with Crippen molar-refractivity contribution in [3.05, 3.63) is 0 Å². The summed E-state index contributed by atoms with van der Waals surface area (Å²) in [6, 6.07) is 0. The Morgan fingerprint density at radius 1 is 1.64 bits per heavy atom. The van der Waals surface area contributed by atoms with E-state index in [1.54, 1.807) is 11.8 Å². The van der Waals surface area contributed by atoms with Crippen molar-refractivity contribution in [3.8, 4) is 0 Å². The summed E-state index contributed by atoms with van der Waals surface area (Å²) in [5.74, 6) is 1.18. The zero-order chi connectivity index (χ0) is 8.54. The van der Waals surface area contributed by atoms with Crippen molar-refractivity contribution in [2.24, 2.45) is 5.14 Å². The standard InChI is InChI=1S/C6H13NO2S2/c1-6(3-2-4-10-6)5-11(7,8)9/h2-5H2,1H3,(H2,7,8,9). The molecule has 66 valence electrons. The number of sulfonamides is 1. The van der Waals surface area contributed by atoms with Crippen LogP contribution in [0.1, 0.15) is 19.8 Å². The monoisotopic (exact) mass is 195 g/mol. The van der Waals surface area contributed by atoms with Crippen LogP contribution in [0.4, 0.5) is 0 Å². The van der Waals surface area contributed by atoms with E-state index in [9.17, 15) is 8.42 Å². The van der Waals surface area contributed by atoms with Gasteiger partial charge in [-0.25, -0.2) is 13.6 Å². The lowest BCUT2D eigenvalue weighted by Crippen LogP contribution is -2.32. The van der Waals surface area contributed by atoms with E-state index in [4.69, 9.17) is 5.14 Å². The van der Waals surface area contributed by atoms with Gasteiger partial charge in [-0.3, -0.25) is 0 Å². The van der Waals surface area contributed by atoms with Crippen LogP contribution in [0.15, 0.2) is 0 Å². The highest BCUT2D eigenvalue weighted by molar-refractivity contribution is 8.02. The average Bonchev–Trinajstić information content (AvgIpc) is 2.09. The fourth-order valence-electron chi connectivity index (χ4n) is 1.38. The fourth-order valence-corrected chi connectivity index (χ4v) is 4.27. The predicted octanol–water partition coefficient (Wildman–Crippen LogP) is 0.561. The van der Waals surface area contributed by atoms with Crippen LogP contribution in [-0.2, 0) is 10.0 Å². The SMILES string of the molecule is CC1(CS(N)(=O)=O)CCCS1. The lowest BCUT2D eigenvalue weighted by Gasteiger charge is -2.20. The molecule has 1 fully saturated rings. The molecule has 3 nitrogen and oxygen atoms in total. The second-order valence-corrected chi connectivity index (χ2v) is 6.51. The highest BCUT2D eigenvalue weighted by Crippen LogP contribution is 2.38. The maximum absolute atomic E-state index is 10.8. The maximum Gasteiger partial charge on any atom is 0.210 e. The van der Waals surface area contributed by atoms with Crippen molar-refractivity contribution in [2.75, 3.05) is 11.5 Å². The largest absolute Gasteiger partial charge is 0.229 e. The van der Waals surface area contributed by atoms with Crippen molar-refractivity contribution in [3.63, 3.8) is 0 Å². The molecule has 0 bridgehead atoms. The van der Waals surface area contributed by atoms with Crippen LogP contribution < -0.4 is 5.14 Å². The molecular weight excluding hydrogens is 182 g/mol. The Hall–Kier alpha value is 0.260. The van der Waals surface area contributed by atoms with Gasteiger partial charge in [0.2, 0.25) is 10.0 Å². The Morgan fingerprint density at radius 3 is 2.64 bits per heavy atom. The smallest absolute Gasteiger partial charge is 0.210 e. The van der Waals surface area contributed by atoms with Crippen molar-refractivity contribution in [1.82, 2.24) is 0 Å². The van der Waals surface area contributed by atoms with Gasteiger partial charge < -0.3 is 0 Å². The van der Waals surface area contributed by atoms with Gasteiger partial charge >= 0.3 is 0 Å². The van der Waals surface area contributed by atoms with Crippen LogP contribution in [0, 0.1) is 0 Å². The molecule has 0 aromatic rings. The van der Waals surface area contributed by atoms with Crippen molar-refractivity contribution >= 4 is 21.8 Å². The van der Waals surface area contributed by atoms with Gasteiger partial charge in [0, 0.05) is 4.75 Å². The first kappa shape index (κ1) is 9.35. The summed E-state index contributed by atoms with van der Waals surface area (Å²) in [5.41, 5.74) is 0. The highest BCUT2D eigenvalue weighted by Gasteiger charge is 2.33. The predicted molar refractivity (Wildman–Crippen MR) is 48.1 cm³/mol. The molecule has 11 heavy (non-hydrogen) atoms. The molecule has 2 N–H and O–H groups in total. The van der Waals surface area contributed by atoms with Gasteiger partial charge in [0.15, 0.2) is 0 Å². The number of thioether (sulfide) groups is 1. The molecule has 0 amide bonds. The fraction of sp³-hybridized carbons (Fsp3) is 1.00. The molecule has 1 aliphatic rings. The quantitative estimate of drug-likeness (QED) is 0.700. The summed E-state index contributed by atoms with van der Waals surface area (Å²) in [4.78, 5) is 0.